The Bertz CT molecular complexity index is 714. The Kier molecular flexibility index (Phi) is 11.1. The van der Waals surface area contributed by atoms with Crippen LogP contribution in [-0.4, -0.2) is 0 Å². The van der Waals surface area contributed by atoms with Crippen molar-refractivity contribution in [1.82, 2.24) is 0 Å². The van der Waals surface area contributed by atoms with Crippen LogP contribution in [0, 0.1) is 5.92 Å². The average Bonchev–Trinajstić information content (AvgIpc) is 2.67. The fourth-order valence-corrected chi connectivity index (χ4v) is 2.21. The fraction of sp³-hybridized carbons (Fsp3) is 0.353. The van der Waals surface area contributed by atoms with Crippen LogP contribution in [0.1, 0.15) is 41.0 Å². The molecule has 0 unspecified atom stereocenters. The van der Waals surface area contributed by atoms with Gasteiger partial charge in [0, 0.05) is 5.92 Å². The second-order valence-corrected chi connectivity index (χ2v) is 10.2. The molecule has 2 radical (unpaired) electrons. The molecular weight excluding hydrogens is 597 g/mol. The summed E-state index contributed by atoms with van der Waals surface area (Å²) in [5, 5.41) is 0. The van der Waals surface area contributed by atoms with Gasteiger partial charge in [-0.1, -0.05) is 61.4 Å². The maximum Gasteiger partial charge on any atom is 2.00 e. The summed E-state index contributed by atoms with van der Waals surface area (Å²) in [4.78, 5) is 0. The third kappa shape index (κ3) is 31.5. The molecule has 0 N–H and O–H groups in total. The van der Waals surface area contributed by atoms with Gasteiger partial charge >= 0.3 is 85.5 Å². The summed E-state index contributed by atoms with van der Waals surface area (Å²) in [6.45, 7) is 11.1. The molecule has 0 nitrogen and oxygen atoms in total. The molecule has 1 aromatic rings. The summed E-state index contributed by atoms with van der Waals surface area (Å²) < 4.78 is 118. The molecule has 0 saturated heterocycles. The first-order chi connectivity index (χ1) is 13.0. The van der Waals surface area contributed by atoms with Crippen LogP contribution in [-0.2, 0) is 19.5 Å². The van der Waals surface area contributed by atoms with E-state index in [2.05, 4.69) is 34.6 Å². The predicted molar refractivity (Wildman–Crippen MR) is 104 cm³/mol. The minimum atomic E-state index is -10.7. The SMILES string of the molecule is CCC1=C(C)[C](C)C(C)=C1C.F[P-](F)(F)(F)(F)F.F[P-](F)(F)(F)(F)F.[Rh+2].c1ccccc1. The Morgan fingerprint density at radius 1 is 0.500 bits per heavy atom. The van der Waals surface area contributed by atoms with Gasteiger partial charge in [0.25, 0.3) is 0 Å². The van der Waals surface area contributed by atoms with Crippen LogP contribution in [0.15, 0.2) is 58.7 Å². The normalized spacial score (nSPS) is 18.7. The summed E-state index contributed by atoms with van der Waals surface area (Å²) >= 11 is 0. The van der Waals surface area contributed by atoms with Crippen LogP contribution in [0.3, 0.4) is 0 Å². The molecule has 32 heavy (non-hydrogen) atoms. The second kappa shape index (κ2) is 9.91. The van der Waals surface area contributed by atoms with Gasteiger partial charge in [0.05, 0.1) is 0 Å². The monoisotopic (exact) mass is 620 g/mol. The van der Waals surface area contributed by atoms with Crippen molar-refractivity contribution in [3.8, 4) is 0 Å². The molecule has 0 fully saturated rings. The van der Waals surface area contributed by atoms with Crippen LogP contribution in [0.25, 0.3) is 0 Å². The molecule has 0 saturated carbocycles. The standard InChI is InChI=1S/C11H17.C6H6.2F6P.Rh/c1-6-11-9(4)7(2)8(3)10(11)5;1-2-4-6-5-3-1;2*1-7(2,3,4,5)6;/h6H2,1-5H3;1-6H;;;/q;;2*-1;+2. The van der Waals surface area contributed by atoms with E-state index in [4.69, 9.17) is 0 Å². The molecule has 0 bridgehead atoms. The molecule has 0 heterocycles. The molecule has 1 aliphatic rings. The molecule has 1 aromatic carbocycles. The zero-order valence-corrected chi connectivity index (χ0v) is 20.9. The Labute approximate surface area is 191 Å². The number of halogens is 12. The largest absolute Gasteiger partial charge is 2.00 e. The molecular formula is C17H23F12P2Rh. The van der Waals surface area contributed by atoms with Crippen molar-refractivity contribution in [2.45, 2.75) is 41.0 Å². The Hall–Kier alpha value is -0.657. The quantitative estimate of drug-likeness (QED) is 0.167. The van der Waals surface area contributed by atoms with Crippen molar-refractivity contribution in [3.05, 3.63) is 64.6 Å². The van der Waals surface area contributed by atoms with Crippen LogP contribution in [0.2, 0.25) is 0 Å². The number of rotatable bonds is 1. The van der Waals surface area contributed by atoms with E-state index in [1.165, 1.54) is 29.1 Å². The maximum absolute atomic E-state index is 10.7. The van der Waals surface area contributed by atoms with Gasteiger partial charge in [0.2, 0.25) is 0 Å². The topological polar surface area (TPSA) is 0 Å². The van der Waals surface area contributed by atoms with Gasteiger partial charge in [0.1, 0.15) is 0 Å². The van der Waals surface area contributed by atoms with Gasteiger partial charge in [-0.15, -0.1) is 0 Å². The summed E-state index contributed by atoms with van der Waals surface area (Å²) in [6, 6.07) is 12.0. The van der Waals surface area contributed by atoms with Gasteiger partial charge in [-0.2, -0.15) is 0 Å². The molecule has 0 atom stereocenters. The van der Waals surface area contributed by atoms with Crippen molar-refractivity contribution in [1.29, 1.82) is 0 Å². The zero-order chi connectivity index (χ0) is 25.7. The number of allylic oxidation sites excluding steroid dienone is 4. The van der Waals surface area contributed by atoms with E-state index >= 15 is 0 Å². The minimum absolute atomic E-state index is 0. The van der Waals surface area contributed by atoms with Crippen molar-refractivity contribution < 1.29 is 69.8 Å². The molecule has 0 amide bonds. The van der Waals surface area contributed by atoms with Crippen molar-refractivity contribution in [3.63, 3.8) is 0 Å². The summed E-state index contributed by atoms with van der Waals surface area (Å²) in [7, 11) is -21.3. The first-order valence-corrected chi connectivity index (χ1v) is 12.4. The van der Waals surface area contributed by atoms with E-state index < -0.39 is 15.6 Å². The van der Waals surface area contributed by atoms with E-state index in [9.17, 15) is 50.4 Å². The average molecular weight is 620 g/mol. The Morgan fingerprint density at radius 3 is 0.812 bits per heavy atom. The van der Waals surface area contributed by atoms with Crippen LogP contribution < -0.4 is 0 Å². The van der Waals surface area contributed by atoms with E-state index in [1.807, 2.05) is 36.4 Å². The van der Waals surface area contributed by atoms with Crippen LogP contribution in [0.5, 0.6) is 0 Å². The van der Waals surface area contributed by atoms with Crippen LogP contribution >= 0.6 is 15.6 Å². The number of hydrogen-bond donors (Lipinski definition) is 0. The molecule has 194 valence electrons. The third-order valence-electron chi connectivity index (χ3n) is 3.61. The maximum atomic E-state index is 9.87. The second-order valence-electron chi connectivity index (χ2n) is 6.40. The van der Waals surface area contributed by atoms with Crippen molar-refractivity contribution >= 4 is 15.6 Å². The van der Waals surface area contributed by atoms with Gasteiger partial charge < -0.3 is 0 Å². The molecule has 2 rings (SSSR count). The Morgan fingerprint density at radius 2 is 0.719 bits per heavy atom. The summed E-state index contributed by atoms with van der Waals surface area (Å²) in [5.74, 6) is 1.49. The third-order valence-corrected chi connectivity index (χ3v) is 3.61. The van der Waals surface area contributed by atoms with E-state index in [0.29, 0.717) is 0 Å². The number of benzene rings is 1. The number of hydrogen-bond acceptors (Lipinski definition) is 0. The first kappa shape index (κ1) is 35.9. The van der Waals surface area contributed by atoms with Crippen LogP contribution in [0.4, 0.5) is 50.4 Å². The van der Waals surface area contributed by atoms with E-state index in [0.717, 1.165) is 0 Å². The van der Waals surface area contributed by atoms with Crippen molar-refractivity contribution in [2.24, 2.45) is 0 Å². The van der Waals surface area contributed by atoms with E-state index in [1.54, 1.807) is 5.57 Å². The van der Waals surface area contributed by atoms with Gasteiger partial charge in [-0.05, 0) is 38.3 Å². The molecule has 0 aromatic heterocycles. The molecule has 1 aliphatic carbocycles. The summed E-state index contributed by atoms with van der Waals surface area (Å²) in [5.41, 5.74) is 6.05. The summed E-state index contributed by atoms with van der Waals surface area (Å²) in [6.07, 6.45) is 1.17. The van der Waals surface area contributed by atoms with Gasteiger partial charge in [0.15, 0.2) is 0 Å². The molecule has 0 aliphatic heterocycles. The molecule has 0 spiro atoms. The van der Waals surface area contributed by atoms with Gasteiger partial charge in [-0.3, -0.25) is 0 Å². The minimum Gasteiger partial charge on any atom is -0.0623 e. The zero-order valence-electron chi connectivity index (χ0n) is 17.4. The van der Waals surface area contributed by atoms with Crippen molar-refractivity contribution in [2.75, 3.05) is 0 Å². The van der Waals surface area contributed by atoms with E-state index in [-0.39, 0.29) is 19.5 Å². The Balaban J connectivity index is -0.000000358. The predicted octanol–water partition coefficient (Wildman–Crippen LogP) is 12.1. The smallest absolute Gasteiger partial charge is 0.0623 e. The van der Waals surface area contributed by atoms with Gasteiger partial charge in [-0.25, -0.2) is 0 Å². The molecule has 15 heteroatoms. The first-order valence-electron chi connectivity index (χ1n) is 8.34. The fourth-order valence-electron chi connectivity index (χ4n) is 2.21.